The van der Waals surface area contributed by atoms with Crippen LogP contribution in [0.3, 0.4) is 0 Å². The van der Waals surface area contributed by atoms with Crippen molar-refractivity contribution in [1.82, 2.24) is 20.0 Å². The van der Waals surface area contributed by atoms with E-state index in [0.29, 0.717) is 12.3 Å². The Balaban J connectivity index is 2.41. The van der Waals surface area contributed by atoms with Gasteiger partial charge in [-0.1, -0.05) is 0 Å². The van der Waals surface area contributed by atoms with E-state index in [1.165, 1.54) is 18.5 Å². The minimum absolute atomic E-state index is 0.0783. The Labute approximate surface area is 85.5 Å². The van der Waals surface area contributed by atoms with Crippen LogP contribution in [0.2, 0.25) is 0 Å². The minimum atomic E-state index is -0.467. The van der Waals surface area contributed by atoms with E-state index in [2.05, 4.69) is 15.2 Å². The van der Waals surface area contributed by atoms with Gasteiger partial charge in [-0.05, 0) is 12.1 Å². The van der Waals surface area contributed by atoms with Crippen molar-refractivity contribution in [1.29, 1.82) is 0 Å². The number of halogens is 1. The van der Waals surface area contributed by atoms with Crippen molar-refractivity contribution in [3.05, 3.63) is 36.0 Å². The van der Waals surface area contributed by atoms with Crippen LogP contribution in [0.5, 0.6) is 0 Å². The smallest absolute Gasteiger partial charge is 0.210 e. The fourth-order valence-corrected chi connectivity index (χ4v) is 1.16. The highest BCUT2D eigenvalue weighted by Gasteiger charge is 2.08. The molecule has 0 aliphatic rings. The van der Waals surface area contributed by atoms with E-state index in [0.717, 1.165) is 4.80 Å². The highest BCUT2D eigenvalue weighted by molar-refractivity contribution is 5.23. The summed E-state index contributed by atoms with van der Waals surface area (Å²) in [6.07, 6.45) is 2.92. The van der Waals surface area contributed by atoms with Crippen molar-refractivity contribution in [3.8, 4) is 5.82 Å². The van der Waals surface area contributed by atoms with Gasteiger partial charge in [0.2, 0.25) is 5.82 Å². The summed E-state index contributed by atoms with van der Waals surface area (Å²) in [5.74, 6) is -0.388. The molecule has 0 aromatic carbocycles. The number of pyridine rings is 1. The van der Waals surface area contributed by atoms with Crippen LogP contribution in [0, 0.1) is 5.82 Å². The molecule has 0 aliphatic heterocycles. The molecule has 5 nitrogen and oxygen atoms in total. The molecule has 0 atom stereocenters. The third-order valence-electron chi connectivity index (χ3n) is 1.79. The van der Waals surface area contributed by atoms with Crippen molar-refractivity contribution < 1.29 is 9.13 Å². The van der Waals surface area contributed by atoms with Crippen LogP contribution in [0.1, 0.15) is 5.69 Å². The lowest BCUT2D eigenvalue weighted by Crippen LogP contribution is -2.07. The maximum atomic E-state index is 13.4. The van der Waals surface area contributed by atoms with E-state index in [9.17, 15) is 4.39 Å². The van der Waals surface area contributed by atoms with Crippen LogP contribution < -0.4 is 0 Å². The molecule has 15 heavy (non-hydrogen) atoms. The molecule has 78 valence electrons. The molecule has 2 rings (SSSR count). The first-order valence-electron chi connectivity index (χ1n) is 4.32. The average Bonchev–Trinajstić information content (AvgIpc) is 2.74. The van der Waals surface area contributed by atoms with Crippen molar-refractivity contribution in [2.45, 2.75) is 6.61 Å². The lowest BCUT2D eigenvalue weighted by atomic mass is 10.3. The highest BCUT2D eigenvalue weighted by atomic mass is 19.1. The fourth-order valence-electron chi connectivity index (χ4n) is 1.16. The minimum Gasteiger partial charge on any atom is -0.378 e. The van der Waals surface area contributed by atoms with Gasteiger partial charge in [0, 0.05) is 7.11 Å². The normalized spacial score (nSPS) is 10.5. The summed E-state index contributed by atoms with van der Waals surface area (Å²) >= 11 is 0. The van der Waals surface area contributed by atoms with Crippen molar-refractivity contribution in [2.24, 2.45) is 0 Å². The van der Waals surface area contributed by atoms with E-state index in [4.69, 9.17) is 4.74 Å². The van der Waals surface area contributed by atoms with Gasteiger partial charge >= 0.3 is 0 Å². The molecule has 0 N–H and O–H groups in total. The van der Waals surface area contributed by atoms with Crippen molar-refractivity contribution >= 4 is 0 Å². The number of aromatic nitrogens is 4. The van der Waals surface area contributed by atoms with Gasteiger partial charge in [0.05, 0.1) is 24.7 Å². The zero-order chi connectivity index (χ0) is 10.7. The van der Waals surface area contributed by atoms with Gasteiger partial charge in [-0.3, -0.25) is 0 Å². The first-order chi connectivity index (χ1) is 7.31. The summed E-state index contributed by atoms with van der Waals surface area (Å²) in [4.78, 5) is 5.18. The average molecular weight is 208 g/mol. The monoisotopic (exact) mass is 208 g/mol. The van der Waals surface area contributed by atoms with Crippen LogP contribution in [-0.4, -0.2) is 27.1 Å². The Morgan fingerprint density at radius 1 is 1.33 bits per heavy atom. The topological polar surface area (TPSA) is 52.8 Å². The fraction of sp³-hybridized carbons (Fsp3) is 0.222. The number of nitrogens with zero attached hydrogens (tertiary/aromatic N) is 4. The molecule has 0 unspecified atom stereocenters. The van der Waals surface area contributed by atoms with E-state index < -0.39 is 5.82 Å². The summed E-state index contributed by atoms with van der Waals surface area (Å²) in [6.45, 7) is 0.328. The molecule has 0 amide bonds. The summed E-state index contributed by atoms with van der Waals surface area (Å²) in [5.41, 5.74) is 0.631. The van der Waals surface area contributed by atoms with Gasteiger partial charge in [-0.15, -0.1) is 4.80 Å². The number of rotatable bonds is 3. The third-order valence-corrected chi connectivity index (χ3v) is 1.79. The second-order valence-electron chi connectivity index (χ2n) is 2.86. The second kappa shape index (κ2) is 4.14. The maximum absolute atomic E-state index is 13.4. The largest absolute Gasteiger partial charge is 0.378 e. The Bertz CT molecular complexity index is 443. The second-order valence-corrected chi connectivity index (χ2v) is 2.86. The Kier molecular flexibility index (Phi) is 2.68. The molecule has 2 aromatic rings. The summed E-state index contributed by atoms with van der Waals surface area (Å²) in [7, 11) is 1.55. The Hall–Kier alpha value is -1.82. The summed E-state index contributed by atoms with van der Waals surface area (Å²) < 4.78 is 18.3. The molecule has 0 radical (unpaired) electrons. The quantitative estimate of drug-likeness (QED) is 0.753. The number of methoxy groups -OCH3 is 1. The van der Waals surface area contributed by atoms with Gasteiger partial charge in [0.1, 0.15) is 0 Å². The Morgan fingerprint density at radius 2 is 2.07 bits per heavy atom. The van der Waals surface area contributed by atoms with Gasteiger partial charge in [0.15, 0.2) is 5.82 Å². The van der Waals surface area contributed by atoms with Crippen LogP contribution >= 0.6 is 0 Å². The molecule has 0 fully saturated rings. The van der Waals surface area contributed by atoms with E-state index in [1.54, 1.807) is 13.2 Å². The third kappa shape index (κ3) is 1.99. The van der Waals surface area contributed by atoms with Gasteiger partial charge in [0.25, 0.3) is 0 Å². The number of hydrogen-bond donors (Lipinski definition) is 0. The van der Waals surface area contributed by atoms with Crippen LogP contribution in [-0.2, 0) is 11.3 Å². The highest BCUT2D eigenvalue weighted by Crippen LogP contribution is 2.09. The van der Waals surface area contributed by atoms with E-state index in [-0.39, 0.29) is 5.82 Å². The molecule has 0 bridgehead atoms. The van der Waals surface area contributed by atoms with E-state index >= 15 is 0 Å². The molecule has 0 aliphatic carbocycles. The van der Waals surface area contributed by atoms with Gasteiger partial charge in [-0.25, -0.2) is 9.37 Å². The standard InChI is InChI=1S/C9H9FN4O/c1-15-6-7-2-3-8(10)9(13-7)14-11-4-5-12-14/h2-5H,6H2,1H3. The molecule has 0 saturated heterocycles. The number of ether oxygens (including phenoxy) is 1. The molecule has 6 heteroatoms. The van der Waals surface area contributed by atoms with Gasteiger partial charge < -0.3 is 4.74 Å². The molecule has 2 aromatic heterocycles. The predicted molar refractivity (Wildman–Crippen MR) is 49.8 cm³/mol. The molecular weight excluding hydrogens is 199 g/mol. The lowest BCUT2D eigenvalue weighted by molar-refractivity contribution is 0.181. The number of hydrogen-bond acceptors (Lipinski definition) is 4. The predicted octanol–water partition coefficient (Wildman–Crippen LogP) is 0.948. The Morgan fingerprint density at radius 3 is 2.73 bits per heavy atom. The summed E-state index contributed by atoms with van der Waals surface area (Å²) in [5, 5.41) is 7.62. The van der Waals surface area contributed by atoms with Crippen LogP contribution in [0.4, 0.5) is 4.39 Å². The van der Waals surface area contributed by atoms with Crippen LogP contribution in [0.15, 0.2) is 24.5 Å². The van der Waals surface area contributed by atoms with Crippen molar-refractivity contribution in [3.63, 3.8) is 0 Å². The molecule has 2 heterocycles. The molecular formula is C9H9FN4O. The van der Waals surface area contributed by atoms with Crippen LogP contribution in [0.25, 0.3) is 5.82 Å². The SMILES string of the molecule is COCc1ccc(F)c(-n2nccn2)n1. The van der Waals surface area contributed by atoms with Crippen molar-refractivity contribution in [2.75, 3.05) is 7.11 Å². The first kappa shape index (κ1) is 9.72. The van der Waals surface area contributed by atoms with E-state index in [1.807, 2.05) is 0 Å². The first-order valence-corrected chi connectivity index (χ1v) is 4.32. The molecule has 0 spiro atoms. The van der Waals surface area contributed by atoms with Gasteiger partial charge in [-0.2, -0.15) is 10.2 Å². The molecule has 0 saturated carbocycles. The maximum Gasteiger partial charge on any atom is 0.210 e. The lowest BCUT2D eigenvalue weighted by Gasteiger charge is -2.03. The zero-order valence-electron chi connectivity index (χ0n) is 8.09. The summed E-state index contributed by atoms with van der Waals surface area (Å²) in [6, 6.07) is 2.88. The zero-order valence-corrected chi connectivity index (χ0v) is 8.09.